The first kappa shape index (κ1) is 34.4. The number of para-hydroxylation sites is 1. The molecule has 2 amide bonds. The fourth-order valence-corrected chi connectivity index (χ4v) is 6.07. The van der Waals surface area contributed by atoms with E-state index in [2.05, 4.69) is 31.4 Å². The predicted octanol–water partition coefficient (Wildman–Crippen LogP) is 6.29. The van der Waals surface area contributed by atoms with Gasteiger partial charge in [-0.05, 0) is 53.7 Å². The Morgan fingerprint density at radius 1 is 0.727 bits per heavy atom. The summed E-state index contributed by atoms with van der Waals surface area (Å²) in [5.41, 5.74) is 1.32. The minimum absolute atomic E-state index is 0.00581. The highest BCUT2D eigenvalue weighted by Crippen LogP contribution is 2.49. The molecular formula is C34H46N2O8. The second-order valence-electron chi connectivity index (χ2n) is 12.6. The lowest BCUT2D eigenvalue weighted by Gasteiger charge is -2.46. The van der Waals surface area contributed by atoms with Gasteiger partial charge in [0.1, 0.15) is 0 Å². The summed E-state index contributed by atoms with van der Waals surface area (Å²) in [6.07, 6.45) is 2.80. The molecule has 0 heterocycles. The van der Waals surface area contributed by atoms with Crippen molar-refractivity contribution in [1.29, 1.82) is 0 Å². The summed E-state index contributed by atoms with van der Waals surface area (Å²) in [6, 6.07) is 18.4. The quantitative estimate of drug-likeness (QED) is 0.137. The Balaban J connectivity index is 1.28. The summed E-state index contributed by atoms with van der Waals surface area (Å²) in [6.45, 7) is 7.54. The van der Waals surface area contributed by atoms with Gasteiger partial charge in [0.2, 0.25) is 0 Å². The fourth-order valence-electron chi connectivity index (χ4n) is 6.07. The van der Waals surface area contributed by atoms with Crippen LogP contribution in [0.1, 0.15) is 64.9 Å². The molecule has 0 aromatic heterocycles. The van der Waals surface area contributed by atoms with E-state index in [0.717, 1.165) is 24.8 Å². The number of rotatable bonds is 15. The molecule has 2 unspecified atom stereocenters. The molecule has 0 aliphatic heterocycles. The van der Waals surface area contributed by atoms with E-state index in [0.29, 0.717) is 31.5 Å². The van der Waals surface area contributed by atoms with Crippen molar-refractivity contribution in [3.63, 3.8) is 0 Å². The van der Waals surface area contributed by atoms with Gasteiger partial charge in [0.15, 0.2) is 0 Å². The van der Waals surface area contributed by atoms with Crippen LogP contribution in [0.25, 0.3) is 0 Å². The van der Waals surface area contributed by atoms with Gasteiger partial charge >= 0.3 is 24.1 Å². The van der Waals surface area contributed by atoms with E-state index < -0.39 is 12.2 Å². The molecule has 2 aromatic carbocycles. The van der Waals surface area contributed by atoms with E-state index in [-0.39, 0.29) is 61.5 Å². The minimum atomic E-state index is -0.563. The normalized spacial score (nSPS) is 18.8. The summed E-state index contributed by atoms with van der Waals surface area (Å²) in [5, 5.41) is 5.49. The van der Waals surface area contributed by atoms with Crippen molar-refractivity contribution in [2.75, 3.05) is 38.3 Å². The van der Waals surface area contributed by atoms with Crippen LogP contribution in [0.5, 0.6) is 0 Å². The molecule has 2 N–H and O–H groups in total. The summed E-state index contributed by atoms with van der Waals surface area (Å²) >= 11 is 0. The van der Waals surface area contributed by atoms with Gasteiger partial charge in [-0.3, -0.25) is 14.9 Å². The summed E-state index contributed by atoms with van der Waals surface area (Å²) in [4.78, 5) is 48.7. The van der Waals surface area contributed by atoms with Crippen molar-refractivity contribution in [3.05, 3.63) is 66.2 Å². The minimum Gasteiger partial charge on any atom is -0.466 e. The number of ether oxygens (including phenoxy) is 4. The maximum atomic E-state index is 12.6. The summed E-state index contributed by atoms with van der Waals surface area (Å²) in [7, 11) is 0. The van der Waals surface area contributed by atoms with E-state index in [1.54, 1.807) is 12.1 Å². The van der Waals surface area contributed by atoms with Gasteiger partial charge in [-0.25, -0.2) is 9.59 Å². The molecule has 2 atom stereocenters. The van der Waals surface area contributed by atoms with Crippen molar-refractivity contribution in [3.8, 4) is 0 Å². The van der Waals surface area contributed by atoms with Crippen LogP contribution < -0.4 is 10.6 Å². The van der Waals surface area contributed by atoms with Crippen molar-refractivity contribution in [1.82, 2.24) is 5.32 Å². The van der Waals surface area contributed by atoms with Crippen molar-refractivity contribution in [2.45, 2.75) is 65.7 Å². The highest BCUT2D eigenvalue weighted by Gasteiger charge is 2.42. The van der Waals surface area contributed by atoms with Gasteiger partial charge in [0, 0.05) is 31.5 Å². The lowest BCUT2D eigenvalue weighted by Crippen LogP contribution is -2.44. The number of hydrogen-bond donors (Lipinski definition) is 2. The molecule has 0 spiro atoms. The second kappa shape index (κ2) is 17.3. The first-order chi connectivity index (χ1) is 21.0. The lowest BCUT2D eigenvalue weighted by molar-refractivity contribution is -0.147. The van der Waals surface area contributed by atoms with E-state index in [1.165, 1.54) is 0 Å². The number of alkyl carbamates (subject to hydrolysis) is 1. The van der Waals surface area contributed by atoms with Gasteiger partial charge in [-0.15, -0.1) is 0 Å². The molecule has 240 valence electrons. The first-order valence-electron chi connectivity index (χ1n) is 15.3. The number of benzene rings is 2. The third-order valence-corrected chi connectivity index (χ3v) is 7.42. The summed E-state index contributed by atoms with van der Waals surface area (Å²) < 4.78 is 21.1. The molecule has 44 heavy (non-hydrogen) atoms. The smallest absolute Gasteiger partial charge is 0.411 e. The SMILES string of the molecule is CC1(C)CC(CC(=O)OCCCOC(=O)Cc2ccccc2)CC(C)(CNC(=O)OCCCOC(=O)Nc2ccccc2)C1. The molecule has 10 nitrogen and oxygen atoms in total. The van der Waals surface area contributed by atoms with Crippen LogP contribution in [0, 0.1) is 16.7 Å². The lowest BCUT2D eigenvalue weighted by atomic mass is 9.60. The maximum absolute atomic E-state index is 12.6. The zero-order valence-electron chi connectivity index (χ0n) is 26.1. The second-order valence-corrected chi connectivity index (χ2v) is 12.6. The van der Waals surface area contributed by atoms with Gasteiger partial charge < -0.3 is 24.3 Å². The van der Waals surface area contributed by atoms with Gasteiger partial charge in [0.05, 0.1) is 32.8 Å². The standard InChI is InChI=1S/C34H46N2O8/c1-33(2)22-27(21-30(38)42-17-10-16-41-29(37)20-26-12-6-4-7-13-26)23-34(3,24-33)25-35-31(39)43-18-11-19-44-32(40)36-28-14-8-5-9-15-28/h4-9,12-15,27H,10-11,16-25H2,1-3H3,(H,35,39)(H,36,40). The topological polar surface area (TPSA) is 129 Å². The molecule has 2 aromatic rings. The number of nitrogens with one attached hydrogen (secondary N) is 2. The molecule has 10 heteroatoms. The third kappa shape index (κ3) is 13.5. The van der Waals surface area contributed by atoms with Crippen molar-refractivity contribution < 1.29 is 38.1 Å². The zero-order valence-corrected chi connectivity index (χ0v) is 26.1. The molecule has 0 saturated heterocycles. The molecule has 1 aliphatic carbocycles. The number of carbonyl (C=O) groups is 4. The van der Waals surface area contributed by atoms with Crippen LogP contribution in [0.3, 0.4) is 0 Å². The van der Waals surface area contributed by atoms with E-state index in [1.807, 2.05) is 48.5 Å². The Morgan fingerprint density at radius 3 is 1.95 bits per heavy atom. The van der Waals surface area contributed by atoms with Gasteiger partial charge in [-0.1, -0.05) is 69.3 Å². The van der Waals surface area contributed by atoms with Gasteiger partial charge in [0.25, 0.3) is 0 Å². The highest BCUT2D eigenvalue weighted by molar-refractivity contribution is 5.84. The van der Waals surface area contributed by atoms with Crippen LogP contribution in [-0.2, 0) is 35.0 Å². The van der Waals surface area contributed by atoms with Crippen molar-refractivity contribution in [2.24, 2.45) is 16.7 Å². The molecule has 3 rings (SSSR count). The molecular weight excluding hydrogens is 564 g/mol. The molecule has 1 fully saturated rings. The average molecular weight is 611 g/mol. The van der Waals surface area contributed by atoms with Crippen LogP contribution in [0.2, 0.25) is 0 Å². The Hall–Kier alpha value is -4.08. The predicted molar refractivity (Wildman–Crippen MR) is 166 cm³/mol. The van der Waals surface area contributed by atoms with Gasteiger partial charge in [-0.2, -0.15) is 0 Å². The largest absolute Gasteiger partial charge is 0.466 e. The highest BCUT2D eigenvalue weighted by atomic mass is 16.6. The van der Waals surface area contributed by atoms with Crippen LogP contribution in [0.4, 0.5) is 15.3 Å². The molecule has 1 saturated carbocycles. The number of amides is 2. The first-order valence-corrected chi connectivity index (χ1v) is 15.3. The van der Waals surface area contributed by atoms with E-state index in [9.17, 15) is 19.2 Å². The molecule has 0 radical (unpaired) electrons. The number of hydrogen-bond acceptors (Lipinski definition) is 8. The molecule has 1 aliphatic rings. The van der Waals surface area contributed by atoms with Crippen LogP contribution >= 0.6 is 0 Å². The number of carbonyl (C=O) groups excluding carboxylic acids is 4. The fraction of sp³-hybridized carbons (Fsp3) is 0.529. The number of esters is 2. The third-order valence-electron chi connectivity index (χ3n) is 7.42. The Kier molecular flexibility index (Phi) is 13.5. The van der Waals surface area contributed by atoms with Crippen molar-refractivity contribution >= 4 is 29.8 Å². The molecule has 0 bridgehead atoms. The Morgan fingerprint density at radius 2 is 1.30 bits per heavy atom. The van der Waals surface area contributed by atoms with E-state index in [4.69, 9.17) is 18.9 Å². The average Bonchev–Trinajstić information content (AvgIpc) is 2.96. The number of anilines is 1. The Bertz CT molecular complexity index is 1200. The monoisotopic (exact) mass is 610 g/mol. The Labute approximate surface area is 260 Å². The van der Waals surface area contributed by atoms with Crippen LogP contribution in [-0.4, -0.2) is 57.1 Å². The summed E-state index contributed by atoms with van der Waals surface area (Å²) in [5.74, 6) is -0.448. The zero-order chi connectivity index (χ0) is 31.8. The van der Waals surface area contributed by atoms with Crippen LogP contribution in [0.15, 0.2) is 60.7 Å². The van der Waals surface area contributed by atoms with E-state index >= 15 is 0 Å². The maximum Gasteiger partial charge on any atom is 0.411 e.